The van der Waals surface area contributed by atoms with Crippen molar-refractivity contribution in [3.05, 3.63) is 84.5 Å². The highest BCUT2D eigenvalue weighted by Crippen LogP contribution is 2.31. The van der Waals surface area contributed by atoms with Crippen LogP contribution in [0.15, 0.2) is 63.5 Å². The molecule has 0 bridgehead atoms. The summed E-state index contributed by atoms with van der Waals surface area (Å²) in [5.74, 6) is 0.464. The molecule has 34 heavy (non-hydrogen) atoms. The van der Waals surface area contributed by atoms with Crippen LogP contribution in [0, 0.1) is 0 Å². The zero-order valence-electron chi connectivity index (χ0n) is 19.2. The minimum absolute atomic E-state index is 0.00955. The fourth-order valence-electron chi connectivity index (χ4n) is 3.83. The molecule has 0 saturated carbocycles. The van der Waals surface area contributed by atoms with Gasteiger partial charge >= 0.3 is 5.97 Å². The van der Waals surface area contributed by atoms with Crippen LogP contribution in [0.2, 0.25) is 0 Å². The summed E-state index contributed by atoms with van der Waals surface area (Å²) < 4.78 is 17.7. The Labute approximate surface area is 199 Å². The lowest BCUT2D eigenvalue weighted by Crippen LogP contribution is -2.39. The maximum atomic E-state index is 13.6. The summed E-state index contributed by atoms with van der Waals surface area (Å²) in [4.78, 5) is 31.5. The maximum Gasteiger partial charge on any atom is 0.338 e. The molecule has 176 valence electrons. The van der Waals surface area contributed by atoms with Gasteiger partial charge in [0.2, 0.25) is 0 Å². The van der Waals surface area contributed by atoms with E-state index in [9.17, 15) is 14.7 Å². The van der Waals surface area contributed by atoms with Crippen LogP contribution < -0.4 is 24.4 Å². The van der Waals surface area contributed by atoms with Crippen molar-refractivity contribution in [1.29, 1.82) is 0 Å². The number of carbonyl (C=O) groups excluding carboxylic acids is 1. The Morgan fingerprint density at radius 1 is 1.18 bits per heavy atom. The van der Waals surface area contributed by atoms with E-state index < -0.39 is 12.0 Å². The lowest BCUT2D eigenvalue weighted by Gasteiger charge is -2.24. The second-order valence-corrected chi connectivity index (χ2v) is 8.52. The third-order valence-corrected chi connectivity index (χ3v) is 6.43. The van der Waals surface area contributed by atoms with Gasteiger partial charge in [0.1, 0.15) is 5.75 Å². The van der Waals surface area contributed by atoms with Gasteiger partial charge in [-0.3, -0.25) is 9.36 Å². The van der Waals surface area contributed by atoms with E-state index in [1.165, 1.54) is 29.1 Å². The molecule has 0 fully saturated rings. The highest BCUT2D eigenvalue weighted by atomic mass is 32.1. The van der Waals surface area contributed by atoms with Gasteiger partial charge in [-0.05, 0) is 55.3 Å². The summed E-state index contributed by atoms with van der Waals surface area (Å²) in [6.45, 7) is 3.68. The number of hydrogen-bond acceptors (Lipinski definition) is 8. The standard InChI is InChI=1S/C25H24N2O6S/c1-5-33-24(30)21-14(2)26-25-27(22(21)16-7-9-17(31-3)10-8-16)23(29)20(34-25)13-15-6-11-18(28)19(12-15)32-4/h6-13,22,28H,5H2,1-4H3/t22-/m1/s1. The maximum absolute atomic E-state index is 13.6. The van der Waals surface area contributed by atoms with Crippen molar-refractivity contribution in [1.82, 2.24) is 4.57 Å². The van der Waals surface area contributed by atoms with Gasteiger partial charge in [-0.15, -0.1) is 0 Å². The minimum Gasteiger partial charge on any atom is -0.504 e. The number of esters is 1. The smallest absolute Gasteiger partial charge is 0.338 e. The molecule has 1 aromatic heterocycles. The summed E-state index contributed by atoms with van der Waals surface area (Å²) in [6.07, 6.45) is 1.71. The van der Waals surface area contributed by atoms with Crippen molar-refractivity contribution in [3.8, 4) is 17.2 Å². The number of aromatic nitrogens is 1. The van der Waals surface area contributed by atoms with Gasteiger partial charge in [-0.1, -0.05) is 29.5 Å². The number of fused-ring (bicyclic) bond motifs is 1. The second kappa shape index (κ2) is 9.56. The van der Waals surface area contributed by atoms with Crippen LogP contribution in [-0.2, 0) is 9.53 Å². The first kappa shape index (κ1) is 23.3. The van der Waals surface area contributed by atoms with E-state index in [0.29, 0.717) is 37.7 Å². The summed E-state index contributed by atoms with van der Waals surface area (Å²) in [5, 5.41) is 9.87. The number of carbonyl (C=O) groups is 1. The molecular weight excluding hydrogens is 456 g/mol. The topological polar surface area (TPSA) is 99.4 Å². The van der Waals surface area contributed by atoms with E-state index in [-0.39, 0.29) is 17.9 Å². The fraction of sp³-hybridized carbons (Fsp3) is 0.240. The van der Waals surface area contributed by atoms with Crippen LogP contribution in [0.25, 0.3) is 6.08 Å². The molecule has 1 aliphatic heterocycles. The predicted octanol–water partition coefficient (Wildman–Crippen LogP) is 2.52. The number of benzene rings is 2. The molecule has 0 saturated heterocycles. The zero-order chi connectivity index (χ0) is 24.4. The molecule has 9 heteroatoms. The monoisotopic (exact) mass is 480 g/mol. The molecule has 2 heterocycles. The molecule has 1 N–H and O–H groups in total. The number of hydrogen-bond donors (Lipinski definition) is 1. The average molecular weight is 481 g/mol. The molecule has 0 unspecified atom stereocenters. The first-order valence-electron chi connectivity index (χ1n) is 10.6. The van der Waals surface area contributed by atoms with Crippen LogP contribution >= 0.6 is 11.3 Å². The fourth-order valence-corrected chi connectivity index (χ4v) is 4.88. The zero-order valence-corrected chi connectivity index (χ0v) is 20.0. The molecule has 1 atom stereocenters. The van der Waals surface area contributed by atoms with Gasteiger partial charge in [-0.2, -0.15) is 0 Å². The van der Waals surface area contributed by atoms with Crippen molar-refractivity contribution < 1.29 is 24.1 Å². The molecular formula is C25H24N2O6S. The molecule has 3 aromatic rings. The van der Waals surface area contributed by atoms with Crippen LogP contribution in [0.3, 0.4) is 0 Å². The molecule has 0 spiro atoms. The average Bonchev–Trinajstić information content (AvgIpc) is 3.13. The Kier molecular flexibility index (Phi) is 6.56. The van der Waals surface area contributed by atoms with Crippen LogP contribution in [0.4, 0.5) is 0 Å². The summed E-state index contributed by atoms with van der Waals surface area (Å²) in [6, 6.07) is 11.4. The Hall–Kier alpha value is -3.85. The molecule has 4 rings (SSSR count). The van der Waals surface area contributed by atoms with Crippen LogP contribution in [0.5, 0.6) is 17.2 Å². The molecule has 8 nitrogen and oxygen atoms in total. The SMILES string of the molecule is CCOC(=O)C1=C(C)N=c2sc(=Cc3ccc(O)c(OC)c3)c(=O)n2[C@@H]1c1ccc(OC)cc1. The number of phenolic OH excluding ortho intramolecular Hbond substituents is 1. The van der Waals surface area contributed by atoms with Gasteiger partial charge in [0.25, 0.3) is 5.56 Å². The highest BCUT2D eigenvalue weighted by Gasteiger charge is 2.33. The van der Waals surface area contributed by atoms with Gasteiger partial charge in [0, 0.05) is 0 Å². The highest BCUT2D eigenvalue weighted by molar-refractivity contribution is 7.07. The Morgan fingerprint density at radius 3 is 2.56 bits per heavy atom. The van der Waals surface area contributed by atoms with Gasteiger partial charge in [0.05, 0.1) is 42.7 Å². The van der Waals surface area contributed by atoms with Gasteiger partial charge in [0.15, 0.2) is 16.3 Å². The lowest BCUT2D eigenvalue weighted by atomic mass is 9.96. The summed E-state index contributed by atoms with van der Waals surface area (Å²) in [7, 11) is 3.03. The van der Waals surface area contributed by atoms with E-state index in [0.717, 1.165) is 5.56 Å². The predicted molar refractivity (Wildman–Crippen MR) is 128 cm³/mol. The number of aromatic hydroxyl groups is 1. The van der Waals surface area contributed by atoms with E-state index in [2.05, 4.69) is 4.99 Å². The van der Waals surface area contributed by atoms with Crippen LogP contribution in [0.1, 0.15) is 31.0 Å². The van der Waals surface area contributed by atoms with E-state index in [1.54, 1.807) is 51.3 Å². The number of rotatable bonds is 6. The molecule has 2 aromatic carbocycles. The Bertz CT molecular complexity index is 1450. The largest absolute Gasteiger partial charge is 0.504 e. The number of ether oxygens (including phenoxy) is 3. The van der Waals surface area contributed by atoms with E-state index >= 15 is 0 Å². The first-order valence-corrected chi connectivity index (χ1v) is 11.4. The van der Waals surface area contributed by atoms with Gasteiger partial charge in [-0.25, -0.2) is 9.79 Å². The first-order chi connectivity index (χ1) is 16.4. The lowest BCUT2D eigenvalue weighted by molar-refractivity contribution is -0.139. The number of phenols is 1. The van der Waals surface area contributed by atoms with Crippen molar-refractivity contribution in [3.63, 3.8) is 0 Å². The number of allylic oxidation sites excluding steroid dienone is 1. The number of nitrogens with zero attached hydrogens (tertiary/aromatic N) is 2. The van der Waals surface area contributed by atoms with Crippen molar-refractivity contribution in [2.75, 3.05) is 20.8 Å². The summed E-state index contributed by atoms with van der Waals surface area (Å²) >= 11 is 1.23. The molecule has 1 aliphatic rings. The quantitative estimate of drug-likeness (QED) is 0.545. The van der Waals surface area contributed by atoms with Crippen molar-refractivity contribution in [2.24, 2.45) is 4.99 Å². The molecule has 0 radical (unpaired) electrons. The minimum atomic E-state index is -0.697. The second-order valence-electron chi connectivity index (χ2n) is 7.51. The molecule has 0 amide bonds. The third kappa shape index (κ3) is 4.22. The van der Waals surface area contributed by atoms with E-state index in [1.807, 2.05) is 12.1 Å². The number of methoxy groups -OCH3 is 2. The summed E-state index contributed by atoms with van der Waals surface area (Å²) in [5.41, 5.74) is 1.95. The number of thiazole rings is 1. The Morgan fingerprint density at radius 2 is 1.91 bits per heavy atom. The normalized spacial score (nSPS) is 15.5. The Balaban J connectivity index is 1.93. The van der Waals surface area contributed by atoms with Crippen LogP contribution in [-0.4, -0.2) is 36.5 Å². The third-order valence-electron chi connectivity index (χ3n) is 5.45. The van der Waals surface area contributed by atoms with Crippen molar-refractivity contribution >= 4 is 23.4 Å². The van der Waals surface area contributed by atoms with Gasteiger partial charge < -0.3 is 19.3 Å². The van der Waals surface area contributed by atoms with Crippen molar-refractivity contribution in [2.45, 2.75) is 19.9 Å². The molecule has 0 aliphatic carbocycles. The van der Waals surface area contributed by atoms with E-state index in [4.69, 9.17) is 14.2 Å².